The fourth-order valence-corrected chi connectivity index (χ4v) is 5.97. The lowest BCUT2D eigenvalue weighted by atomic mass is 10.2. The fraction of sp³-hybridized carbons (Fsp3) is 0.538. The number of aliphatic hydroxyl groups excluding tert-OH is 2. The van der Waals surface area contributed by atoms with Crippen molar-refractivity contribution < 1.29 is 31.4 Å². The van der Waals surface area contributed by atoms with E-state index in [-0.39, 0.29) is 22.8 Å². The summed E-state index contributed by atoms with van der Waals surface area (Å²) in [4.78, 5) is -0.201. The van der Waals surface area contributed by atoms with Gasteiger partial charge in [-0.05, 0) is 30.7 Å². The molecule has 0 aliphatic carbocycles. The molecular weight excluding hydrogens is 349 g/mol. The van der Waals surface area contributed by atoms with E-state index in [2.05, 4.69) is 0 Å². The molecule has 1 aromatic carbocycles. The molecule has 23 heavy (non-hydrogen) atoms. The maximum absolute atomic E-state index is 13.0. The number of rotatable bonds is 6. The highest BCUT2D eigenvalue weighted by atomic mass is 32.2. The van der Waals surface area contributed by atoms with E-state index in [9.17, 15) is 26.3 Å². The zero-order chi connectivity index (χ0) is 17.3. The minimum Gasteiger partial charge on any atom is -0.394 e. The van der Waals surface area contributed by atoms with Crippen LogP contribution in [0.2, 0.25) is 0 Å². The summed E-state index contributed by atoms with van der Waals surface area (Å²) >= 11 is 0. The number of sulfonamides is 1. The molecule has 10 heteroatoms. The quantitative estimate of drug-likeness (QED) is 0.692. The Kier molecular flexibility index (Phi) is 5.41. The third kappa shape index (κ3) is 4.27. The van der Waals surface area contributed by atoms with Gasteiger partial charge in [0.1, 0.15) is 5.82 Å². The van der Waals surface area contributed by atoms with Crippen LogP contribution in [0, 0.1) is 5.82 Å². The number of benzene rings is 1. The molecule has 0 spiro atoms. The van der Waals surface area contributed by atoms with E-state index in [0.717, 1.165) is 28.6 Å². The molecule has 1 aromatic rings. The summed E-state index contributed by atoms with van der Waals surface area (Å²) in [6, 6.07) is 3.30. The zero-order valence-electron chi connectivity index (χ0n) is 12.2. The number of nitrogens with zero attached hydrogens (tertiary/aromatic N) is 1. The maximum Gasteiger partial charge on any atom is 0.243 e. The largest absolute Gasteiger partial charge is 0.394 e. The van der Waals surface area contributed by atoms with Crippen LogP contribution < -0.4 is 0 Å². The Hall–Kier alpha value is -1.07. The molecule has 2 N–H and O–H groups in total. The molecule has 7 nitrogen and oxygen atoms in total. The predicted octanol–water partition coefficient (Wildman–Crippen LogP) is -0.643. The van der Waals surface area contributed by atoms with Crippen LogP contribution in [0.1, 0.15) is 6.42 Å². The SMILES string of the molecule is O=S1(=O)CC[C@@H](N(C[C@H](O)CO)S(=O)(=O)c2ccc(F)cc2)C1. The molecule has 0 bridgehead atoms. The molecule has 0 aromatic heterocycles. The Morgan fingerprint density at radius 1 is 1.30 bits per heavy atom. The van der Waals surface area contributed by atoms with E-state index in [0.29, 0.717) is 0 Å². The van der Waals surface area contributed by atoms with Crippen LogP contribution in [-0.4, -0.2) is 68.2 Å². The molecule has 1 fully saturated rings. The van der Waals surface area contributed by atoms with Gasteiger partial charge in [-0.15, -0.1) is 0 Å². The molecule has 1 saturated heterocycles. The molecule has 0 unspecified atom stereocenters. The van der Waals surface area contributed by atoms with Crippen molar-refractivity contribution >= 4 is 19.9 Å². The van der Waals surface area contributed by atoms with Gasteiger partial charge in [0.05, 0.1) is 29.1 Å². The standard InChI is InChI=1S/C13H18FNO6S2/c14-10-1-3-13(4-2-10)23(20,21)15(7-12(17)8-16)11-5-6-22(18,19)9-11/h1-4,11-12,16-17H,5-9H2/t11-,12+/m1/s1. The number of aliphatic hydroxyl groups is 2. The van der Waals surface area contributed by atoms with Crippen LogP contribution in [-0.2, 0) is 19.9 Å². The highest BCUT2D eigenvalue weighted by Gasteiger charge is 2.39. The lowest BCUT2D eigenvalue weighted by molar-refractivity contribution is 0.0730. The Morgan fingerprint density at radius 3 is 2.39 bits per heavy atom. The molecule has 1 aliphatic heterocycles. The van der Waals surface area contributed by atoms with E-state index in [4.69, 9.17) is 5.11 Å². The van der Waals surface area contributed by atoms with E-state index in [1.165, 1.54) is 0 Å². The van der Waals surface area contributed by atoms with Gasteiger partial charge in [0.25, 0.3) is 0 Å². The number of hydrogen-bond acceptors (Lipinski definition) is 6. The highest BCUT2D eigenvalue weighted by molar-refractivity contribution is 7.92. The fourth-order valence-electron chi connectivity index (χ4n) is 2.45. The van der Waals surface area contributed by atoms with E-state index in [1.54, 1.807) is 0 Å². The second-order valence-corrected chi connectivity index (χ2v) is 9.54. The highest BCUT2D eigenvalue weighted by Crippen LogP contribution is 2.25. The van der Waals surface area contributed by atoms with Crippen molar-refractivity contribution in [3.8, 4) is 0 Å². The summed E-state index contributed by atoms with van der Waals surface area (Å²) in [7, 11) is -7.47. The molecule has 0 saturated carbocycles. The van der Waals surface area contributed by atoms with Crippen LogP contribution in [0.5, 0.6) is 0 Å². The molecular formula is C13H18FNO6S2. The molecule has 0 amide bonds. The normalized spacial score (nSPS) is 22.3. The molecule has 130 valence electrons. The van der Waals surface area contributed by atoms with Gasteiger partial charge >= 0.3 is 0 Å². The summed E-state index contributed by atoms with van der Waals surface area (Å²) in [6.07, 6.45) is -1.23. The van der Waals surface area contributed by atoms with Crippen LogP contribution in [0.4, 0.5) is 4.39 Å². The minimum absolute atomic E-state index is 0.112. The number of halogens is 1. The minimum atomic E-state index is -4.13. The first-order chi connectivity index (χ1) is 10.7. The van der Waals surface area contributed by atoms with E-state index < -0.39 is 51.0 Å². The number of sulfone groups is 1. The lowest BCUT2D eigenvalue weighted by Crippen LogP contribution is -2.46. The predicted molar refractivity (Wildman–Crippen MR) is 80.4 cm³/mol. The average molecular weight is 367 g/mol. The summed E-state index contributed by atoms with van der Waals surface area (Å²) in [5.41, 5.74) is 0. The first-order valence-electron chi connectivity index (χ1n) is 6.92. The maximum atomic E-state index is 13.0. The molecule has 0 radical (unpaired) electrons. The Balaban J connectivity index is 2.37. The van der Waals surface area contributed by atoms with Gasteiger partial charge in [-0.2, -0.15) is 4.31 Å². The van der Waals surface area contributed by atoms with Crippen LogP contribution in [0.25, 0.3) is 0 Å². The van der Waals surface area contributed by atoms with Crippen molar-refractivity contribution in [2.24, 2.45) is 0 Å². The van der Waals surface area contributed by atoms with Gasteiger partial charge in [-0.3, -0.25) is 0 Å². The lowest BCUT2D eigenvalue weighted by Gasteiger charge is -2.28. The summed E-state index contributed by atoms with van der Waals surface area (Å²) < 4.78 is 62.5. The monoisotopic (exact) mass is 367 g/mol. The molecule has 1 heterocycles. The number of hydrogen-bond donors (Lipinski definition) is 2. The van der Waals surface area contributed by atoms with Gasteiger partial charge in [-0.25, -0.2) is 21.2 Å². The van der Waals surface area contributed by atoms with Crippen molar-refractivity contribution in [2.45, 2.75) is 23.5 Å². The molecule has 2 atom stereocenters. The summed E-state index contributed by atoms with van der Waals surface area (Å²) in [6.45, 7) is -1.09. The van der Waals surface area contributed by atoms with E-state index >= 15 is 0 Å². The van der Waals surface area contributed by atoms with Gasteiger partial charge in [0.15, 0.2) is 9.84 Å². The van der Waals surface area contributed by atoms with Gasteiger partial charge < -0.3 is 10.2 Å². The second kappa shape index (κ2) is 6.81. The first kappa shape index (κ1) is 18.3. The second-order valence-electron chi connectivity index (χ2n) is 5.42. The van der Waals surface area contributed by atoms with Gasteiger partial charge in [0.2, 0.25) is 10.0 Å². The molecule has 2 rings (SSSR count). The topological polar surface area (TPSA) is 112 Å². The van der Waals surface area contributed by atoms with Crippen LogP contribution >= 0.6 is 0 Å². The van der Waals surface area contributed by atoms with Crippen LogP contribution in [0.3, 0.4) is 0 Å². The zero-order valence-corrected chi connectivity index (χ0v) is 13.8. The molecule has 1 aliphatic rings. The Morgan fingerprint density at radius 2 is 1.91 bits per heavy atom. The third-order valence-corrected chi connectivity index (χ3v) is 7.32. The smallest absolute Gasteiger partial charge is 0.243 e. The van der Waals surface area contributed by atoms with Gasteiger partial charge in [0, 0.05) is 12.6 Å². The van der Waals surface area contributed by atoms with Crippen molar-refractivity contribution in [3.05, 3.63) is 30.1 Å². The van der Waals surface area contributed by atoms with Crippen molar-refractivity contribution in [2.75, 3.05) is 24.7 Å². The third-order valence-electron chi connectivity index (χ3n) is 3.64. The van der Waals surface area contributed by atoms with Crippen molar-refractivity contribution in [1.82, 2.24) is 4.31 Å². The summed E-state index contributed by atoms with van der Waals surface area (Å²) in [5.74, 6) is -1.08. The van der Waals surface area contributed by atoms with Crippen molar-refractivity contribution in [1.29, 1.82) is 0 Å². The first-order valence-corrected chi connectivity index (χ1v) is 10.2. The summed E-state index contributed by atoms with van der Waals surface area (Å²) in [5, 5.41) is 18.6. The van der Waals surface area contributed by atoms with Crippen molar-refractivity contribution in [3.63, 3.8) is 0 Å². The average Bonchev–Trinajstić information content (AvgIpc) is 2.84. The van der Waals surface area contributed by atoms with E-state index in [1.807, 2.05) is 0 Å². The Labute approximate surface area is 134 Å². The van der Waals surface area contributed by atoms with Gasteiger partial charge in [-0.1, -0.05) is 0 Å². The Bertz CT molecular complexity index is 747. The van der Waals surface area contributed by atoms with Crippen LogP contribution in [0.15, 0.2) is 29.2 Å².